The van der Waals surface area contributed by atoms with Gasteiger partial charge in [0.1, 0.15) is 11.5 Å². The first kappa shape index (κ1) is 19.7. The van der Waals surface area contributed by atoms with Crippen molar-refractivity contribution in [2.45, 2.75) is 38.5 Å². The minimum Gasteiger partial charge on any atom is -0.496 e. The summed E-state index contributed by atoms with van der Waals surface area (Å²) in [4.78, 5) is 12.5. The summed E-state index contributed by atoms with van der Waals surface area (Å²) in [6.07, 6.45) is 7.92. The lowest BCUT2D eigenvalue weighted by atomic mass is 9.87. The number of hydrogen-bond acceptors (Lipinski definition) is 3. The van der Waals surface area contributed by atoms with Crippen LogP contribution in [0.25, 0.3) is 0 Å². The summed E-state index contributed by atoms with van der Waals surface area (Å²) < 4.78 is 12.0. The highest BCUT2D eigenvalue weighted by Crippen LogP contribution is 2.27. The van der Waals surface area contributed by atoms with Crippen LogP contribution in [0.15, 0.2) is 46.9 Å². The Morgan fingerprint density at radius 3 is 2.56 bits per heavy atom. The average Bonchev–Trinajstić information content (AvgIpc) is 2.70. The Morgan fingerprint density at radius 1 is 1.11 bits per heavy atom. The quantitative estimate of drug-likeness (QED) is 0.579. The molecule has 0 bridgehead atoms. The zero-order valence-electron chi connectivity index (χ0n) is 15.7. The molecule has 0 saturated heterocycles. The van der Waals surface area contributed by atoms with Crippen LogP contribution >= 0.6 is 15.9 Å². The zero-order chi connectivity index (χ0) is 19.1. The third-order valence-electron chi connectivity index (χ3n) is 5.04. The predicted molar refractivity (Wildman–Crippen MR) is 112 cm³/mol. The van der Waals surface area contributed by atoms with Crippen LogP contribution in [0.2, 0.25) is 0 Å². The maximum absolute atomic E-state index is 12.5. The van der Waals surface area contributed by atoms with Crippen molar-refractivity contribution in [2.75, 3.05) is 19.0 Å². The van der Waals surface area contributed by atoms with Crippen LogP contribution < -0.4 is 14.8 Å². The van der Waals surface area contributed by atoms with Gasteiger partial charge in [0.2, 0.25) is 0 Å². The van der Waals surface area contributed by atoms with E-state index in [1.54, 1.807) is 19.2 Å². The van der Waals surface area contributed by atoms with Crippen molar-refractivity contribution in [2.24, 2.45) is 5.92 Å². The number of hydrogen-bond donors (Lipinski definition) is 1. The van der Waals surface area contributed by atoms with Gasteiger partial charge in [0.25, 0.3) is 5.91 Å². The Morgan fingerprint density at radius 2 is 1.85 bits per heavy atom. The molecule has 3 rings (SSSR count). The molecule has 0 aromatic heterocycles. The lowest BCUT2D eigenvalue weighted by Crippen LogP contribution is -2.13. The monoisotopic (exact) mass is 431 g/mol. The maximum atomic E-state index is 12.5. The molecular weight excluding hydrogens is 406 g/mol. The number of methoxy groups -OCH3 is 1. The Bertz CT molecular complexity index is 755. The Labute approximate surface area is 169 Å². The van der Waals surface area contributed by atoms with Crippen LogP contribution in [0.5, 0.6) is 11.5 Å². The van der Waals surface area contributed by atoms with Gasteiger partial charge >= 0.3 is 0 Å². The fourth-order valence-corrected chi connectivity index (χ4v) is 3.87. The van der Waals surface area contributed by atoms with Gasteiger partial charge in [-0.3, -0.25) is 4.79 Å². The Balaban J connectivity index is 1.52. The number of halogens is 1. The van der Waals surface area contributed by atoms with Gasteiger partial charge < -0.3 is 14.8 Å². The fourth-order valence-electron chi connectivity index (χ4n) is 3.51. The standard InChI is InChI=1S/C22H26BrNO3/c1-26-21-12-7-17(23)15-20(21)22(25)24-18-8-10-19(11-9-18)27-14-13-16-5-3-2-4-6-16/h7-12,15-16H,2-6,13-14H2,1H3,(H,24,25). The third-order valence-corrected chi connectivity index (χ3v) is 5.53. The molecule has 1 aliphatic rings. The lowest BCUT2D eigenvalue weighted by molar-refractivity contribution is 0.102. The molecule has 0 unspecified atom stereocenters. The molecule has 0 heterocycles. The second-order valence-corrected chi connectivity index (χ2v) is 7.88. The van der Waals surface area contributed by atoms with Crippen molar-refractivity contribution in [1.82, 2.24) is 0 Å². The van der Waals surface area contributed by atoms with Crippen molar-refractivity contribution < 1.29 is 14.3 Å². The summed E-state index contributed by atoms with van der Waals surface area (Å²) in [5.41, 5.74) is 1.21. The molecule has 0 aliphatic heterocycles. The maximum Gasteiger partial charge on any atom is 0.259 e. The van der Waals surface area contributed by atoms with Gasteiger partial charge in [0.05, 0.1) is 19.3 Å². The number of amides is 1. The van der Waals surface area contributed by atoms with Crippen molar-refractivity contribution in [3.8, 4) is 11.5 Å². The Hall–Kier alpha value is -2.01. The molecule has 1 aliphatic carbocycles. The first-order valence-corrected chi connectivity index (χ1v) is 10.3. The van der Waals surface area contributed by atoms with Gasteiger partial charge in [-0.05, 0) is 54.8 Å². The van der Waals surface area contributed by atoms with E-state index in [4.69, 9.17) is 9.47 Å². The second kappa shape index (κ2) is 9.79. The molecule has 0 atom stereocenters. The van der Waals surface area contributed by atoms with Crippen LogP contribution in [0.3, 0.4) is 0 Å². The fraction of sp³-hybridized carbons (Fsp3) is 0.409. The van der Waals surface area contributed by atoms with Crippen molar-refractivity contribution in [3.05, 3.63) is 52.5 Å². The van der Waals surface area contributed by atoms with Gasteiger partial charge in [-0.25, -0.2) is 0 Å². The van der Waals surface area contributed by atoms with E-state index in [1.807, 2.05) is 30.3 Å². The Kier molecular flexibility index (Phi) is 7.16. The van der Waals surface area contributed by atoms with Crippen LogP contribution in [0, 0.1) is 5.92 Å². The van der Waals surface area contributed by atoms with E-state index in [2.05, 4.69) is 21.2 Å². The number of ether oxygens (including phenoxy) is 2. The highest BCUT2D eigenvalue weighted by molar-refractivity contribution is 9.10. The molecule has 0 radical (unpaired) electrons. The van der Waals surface area contributed by atoms with Gasteiger partial charge in [-0.2, -0.15) is 0 Å². The number of carbonyl (C=O) groups excluding carboxylic acids is 1. The minimum atomic E-state index is -0.209. The molecule has 1 saturated carbocycles. The van der Waals surface area contributed by atoms with Gasteiger partial charge in [0, 0.05) is 10.2 Å². The molecular formula is C22H26BrNO3. The van der Waals surface area contributed by atoms with E-state index in [9.17, 15) is 4.79 Å². The first-order valence-electron chi connectivity index (χ1n) is 9.53. The molecule has 27 heavy (non-hydrogen) atoms. The van der Waals surface area contributed by atoms with Gasteiger partial charge in [-0.15, -0.1) is 0 Å². The van der Waals surface area contributed by atoms with E-state index >= 15 is 0 Å². The van der Waals surface area contributed by atoms with Crippen LogP contribution in [0.4, 0.5) is 5.69 Å². The van der Waals surface area contributed by atoms with Crippen molar-refractivity contribution >= 4 is 27.5 Å². The molecule has 1 amide bonds. The largest absolute Gasteiger partial charge is 0.496 e. The van der Waals surface area contributed by atoms with Crippen molar-refractivity contribution in [1.29, 1.82) is 0 Å². The molecule has 0 spiro atoms. The molecule has 144 valence electrons. The number of rotatable bonds is 7. The summed E-state index contributed by atoms with van der Waals surface area (Å²) in [5, 5.41) is 2.90. The third kappa shape index (κ3) is 5.73. The molecule has 2 aromatic rings. The first-order chi connectivity index (χ1) is 13.2. The highest BCUT2D eigenvalue weighted by atomic mass is 79.9. The van der Waals surface area contributed by atoms with Crippen LogP contribution in [-0.2, 0) is 0 Å². The van der Waals surface area contributed by atoms with Crippen LogP contribution in [0.1, 0.15) is 48.9 Å². The zero-order valence-corrected chi connectivity index (χ0v) is 17.3. The topological polar surface area (TPSA) is 47.6 Å². The number of anilines is 1. The molecule has 1 N–H and O–H groups in total. The van der Waals surface area contributed by atoms with E-state index in [0.29, 0.717) is 11.3 Å². The minimum absolute atomic E-state index is 0.209. The summed E-state index contributed by atoms with van der Waals surface area (Å²) >= 11 is 3.39. The normalized spacial score (nSPS) is 14.6. The predicted octanol–water partition coefficient (Wildman–Crippen LogP) is 6.06. The summed E-state index contributed by atoms with van der Waals surface area (Å²) in [5.74, 6) is 1.99. The molecule has 4 nitrogen and oxygen atoms in total. The molecule has 5 heteroatoms. The van der Waals surface area contributed by atoms with E-state index in [-0.39, 0.29) is 5.91 Å². The van der Waals surface area contributed by atoms with Crippen LogP contribution in [-0.4, -0.2) is 19.6 Å². The summed E-state index contributed by atoms with van der Waals surface area (Å²) in [7, 11) is 1.56. The summed E-state index contributed by atoms with van der Waals surface area (Å²) in [6, 6.07) is 12.9. The number of carbonyl (C=O) groups is 1. The smallest absolute Gasteiger partial charge is 0.259 e. The van der Waals surface area contributed by atoms with Gasteiger partial charge in [0.15, 0.2) is 0 Å². The van der Waals surface area contributed by atoms with E-state index in [1.165, 1.54) is 32.1 Å². The average molecular weight is 432 g/mol. The van der Waals surface area contributed by atoms with E-state index < -0.39 is 0 Å². The van der Waals surface area contributed by atoms with Gasteiger partial charge in [-0.1, -0.05) is 48.0 Å². The molecule has 1 fully saturated rings. The number of benzene rings is 2. The van der Waals surface area contributed by atoms with E-state index in [0.717, 1.165) is 34.9 Å². The second-order valence-electron chi connectivity index (χ2n) is 6.96. The number of nitrogens with one attached hydrogen (secondary N) is 1. The highest BCUT2D eigenvalue weighted by Gasteiger charge is 2.14. The SMILES string of the molecule is COc1ccc(Br)cc1C(=O)Nc1ccc(OCCC2CCCCC2)cc1. The molecule has 2 aromatic carbocycles. The van der Waals surface area contributed by atoms with Crippen molar-refractivity contribution in [3.63, 3.8) is 0 Å². The summed E-state index contributed by atoms with van der Waals surface area (Å²) in [6.45, 7) is 0.756. The lowest BCUT2D eigenvalue weighted by Gasteiger charge is -2.21.